The third-order valence-corrected chi connectivity index (χ3v) is 9.75. The normalized spacial score (nSPS) is 31.3. The van der Waals surface area contributed by atoms with Gasteiger partial charge in [0.25, 0.3) is 0 Å². The first kappa shape index (κ1) is 13.5. The average Bonchev–Trinajstić information content (AvgIpc) is 2.41. The third-order valence-electron chi connectivity index (χ3n) is 3.30. The Labute approximate surface area is 139 Å². The Balaban J connectivity index is 2.26. The molecule has 3 rings (SSSR count). The molecule has 4 atom stereocenters. The zero-order valence-electron chi connectivity index (χ0n) is 9.23. The Morgan fingerprint density at radius 3 is 2.28 bits per heavy atom. The lowest BCUT2D eigenvalue weighted by atomic mass is 9.92. The van der Waals surface area contributed by atoms with Crippen molar-refractivity contribution < 1.29 is 4.40 Å². The molecule has 0 amide bonds. The number of alkyl halides is 4. The molecule has 2 aromatic rings. The van der Waals surface area contributed by atoms with Crippen LogP contribution in [0.5, 0.6) is 0 Å². The van der Waals surface area contributed by atoms with E-state index in [9.17, 15) is 0 Å². The predicted octanol–water partition coefficient (Wildman–Crippen LogP) is 4.84. The van der Waals surface area contributed by atoms with Crippen LogP contribution in [0.3, 0.4) is 0 Å². The van der Waals surface area contributed by atoms with E-state index in [-0.39, 0.29) is 0 Å². The first-order valence-electron chi connectivity index (χ1n) is 5.59. The maximum absolute atomic E-state index is 3.80. The second kappa shape index (κ2) is 5.15. The number of hydrogen-bond acceptors (Lipinski definition) is 0. The van der Waals surface area contributed by atoms with E-state index in [0.717, 1.165) is 0 Å². The SMILES string of the molecule is BrC1c2cc3cccc[n+]3cc2C(Br)C(Br)C1Br. The molecule has 0 aliphatic heterocycles. The van der Waals surface area contributed by atoms with Crippen molar-refractivity contribution in [1.29, 1.82) is 0 Å². The quantitative estimate of drug-likeness (QED) is 0.361. The van der Waals surface area contributed by atoms with Gasteiger partial charge in [0.15, 0.2) is 12.4 Å². The highest BCUT2D eigenvalue weighted by atomic mass is 79.9. The van der Waals surface area contributed by atoms with Crippen LogP contribution in [-0.2, 0) is 0 Å². The van der Waals surface area contributed by atoms with Gasteiger partial charge in [-0.1, -0.05) is 63.7 Å². The molecular formula is C13H10Br4N+. The minimum absolute atomic E-state index is 0.308. The molecule has 0 spiro atoms. The van der Waals surface area contributed by atoms with Gasteiger partial charge in [-0.05, 0) is 11.6 Å². The van der Waals surface area contributed by atoms with E-state index < -0.39 is 0 Å². The summed E-state index contributed by atoms with van der Waals surface area (Å²) >= 11 is 15.1. The van der Waals surface area contributed by atoms with Crippen LogP contribution in [0, 0.1) is 0 Å². The van der Waals surface area contributed by atoms with Gasteiger partial charge in [-0.25, -0.2) is 0 Å². The van der Waals surface area contributed by atoms with E-state index >= 15 is 0 Å². The predicted molar refractivity (Wildman–Crippen MR) is 88.4 cm³/mol. The van der Waals surface area contributed by atoms with Crippen molar-refractivity contribution >= 4 is 69.2 Å². The van der Waals surface area contributed by atoms with Crippen molar-refractivity contribution in [3.8, 4) is 0 Å². The minimum Gasteiger partial charge on any atom is -0.167 e. The zero-order chi connectivity index (χ0) is 12.9. The summed E-state index contributed by atoms with van der Waals surface area (Å²) in [7, 11) is 0. The lowest BCUT2D eigenvalue weighted by Crippen LogP contribution is -2.33. The van der Waals surface area contributed by atoms with Crippen molar-refractivity contribution in [2.45, 2.75) is 19.3 Å². The molecule has 1 aliphatic rings. The summed E-state index contributed by atoms with van der Waals surface area (Å²) in [5, 5.41) is 0. The molecule has 4 unspecified atom stereocenters. The van der Waals surface area contributed by atoms with Crippen molar-refractivity contribution in [2.75, 3.05) is 0 Å². The van der Waals surface area contributed by atoms with Crippen LogP contribution in [0.4, 0.5) is 0 Å². The van der Waals surface area contributed by atoms with Gasteiger partial charge in [0.05, 0.1) is 9.65 Å². The molecule has 2 aromatic heterocycles. The van der Waals surface area contributed by atoms with E-state index in [1.165, 1.54) is 16.6 Å². The summed E-state index contributed by atoms with van der Waals surface area (Å²) in [6.45, 7) is 0. The number of nitrogens with zero attached hydrogens (tertiary/aromatic N) is 1. The minimum atomic E-state index is 0.308. The monoisotopic (exact) mass is 496 g/mol. The number of rotatable bonds is 0. The van der Waals surface area contributed by atoms with Gasteiger partial charge in [-0.15, -0.1) is 0 Å². The molecule has 0 bridgehead atoms. The van der Waals surface area contributed by atoms with Gasteiger partial charge in [0.2, 0.25) is 5.52 Å². The highest BCUT2D eigenvalue weighted by molar-refractivity contribution is 9.14. The largest absolute Gasteiger partial charge is 0.210 e. The van der Waals surface area contributed by atoms with Gasteiger partial charge < -0.3 is 0 Å². The van der Waals surface area contributed by atoms with Crippen LogP contribution in [0.1, 0.15) is 20.8 Å². The number of aromatic nitrogens is 1. The molecule has 0 saturated heterocycles. The maximum Gasteiger partial charge on any atom is 0.210 e. The molecule has 94 valence electrons. The topological polar surface area (TPSA) is 4.10 Å². The van der Waals surface area contributed by atoms with Crippen LogP contribution in [-0.4, -0.2) is 9.65 Å². The molecule has 1 aliphatic carbocycles. The standard InChI is InChI=1S/C13H10Br4N/c14-10-8-5-7-3-1-2-4-18(7)6-9(8)11(15)13(17)12(10)16/h1-6,10-13H/q+1. The molecule has 0 fully saturated rings. The Morgan fingerprint density at radius 1 is 0.889 bits per heavy atom. The number of hydrogen-bond donors (Lipinski definition) is 0. The second-order valence-corrected chi connectivity index (χ2v) is 8.50. The number of halogens is 4. The van der Waals surface area contributed by atoms with Crippen LogP contribution in [0.2, 0.25) is 0 Å². The number of pyridine rings is 2. The van der Waals surface area contributed by atoms with E-state index in [4.69, 9.17) is 0 Å². The van der Waals surface area contributed by atoms with Crippen molar-refractivity contribution in [3.63, 3.8) is 0 Å². The molecule has 0 aromatic carbocycles. The van der Waals surface area contributed by atoms with Crippen LogP contribution < -0.4 is 4.40 Å². The first-order valence-corrected chi connectivity index (χ1v) is 9.26. The number of fused-ring (bicyclic) bond motifs is 2. The summed E-state index contributed by atoms with van der Waals surface area (Å²) in [5.74, 6) is 0. The van der Waals surface area contributed by atoms with E-state index in [0.29, 0.717) is 19.3 Å². The van der Waals surface area contributed by atoms with Gasteiger partial charge in [-0.2, -0.15) is 4.40 Å². The first-order chi connectivity index (χ1) is 8.59. The fourth-order valence-corrected chi connectivity index (χ4v) is 5.75. The van der Waals surface area contributed by atoms with Gasteiger partial charge >= 0.3 is 0 Å². The Morgan fingerprint density at radius 2 is 1.56 bits per heavy atom. The van der Waals surface area contributed by atoms with Crippen molar-refractivity contribution in [1.82, 2.24) is 0 Å². The van der Waals surface area contributed by atoms with Crippen molar-refractivity contribution in [2.24, 2.45) is 0 Å². The van der Waals surface area contributed by atoms with Gasteiger partial charge in [0.1, 0.15) is 0 Å². The molecule has 0 radical (unpaired) electrons. The lowest BCUT2D eigenvalue weighted by Gasteiger charge is -2.33. The summed E-state index contributed by atoms with van der Waals surface area (Å²) in [6, 6.07) is 8.51. The van der Waals surface area contributed by atoms with E-state index in [2.05, 4.69) is 105 Å². The summed E-state index contributed by atoms with van der Waals surface area (Å²) in [6.07, 6.45) is 4.30. The lowest BCUT2D eigenvalue weighted by molar-refractivity contribution is -0.512. The van der Waals surface area contributed by atoms with E-state index in [1.807, 2.05) is 0 Å². The van der Waals surface area contributed by atoms with Gasteiger partial charge in [-0.3, -0.25) is 0 Å². The Hall–Kier alpha value is 0.550. The fraction of sp³-hybridized carbons (Fsp3) is 0.308. The van der Waals surface area contributed by atoms with Crippen LogP contribution in [0.15, 0.2) is 36.7 Å². The third kappa shape index (κ3) is 2.11. The maximum atomic E-state index is 3.80. The smallest absolute Gasteiger partial charge is 0.167 e. The highest BCUT2D eigenvalue weighted by Crippen LogP contribution is 2.50. The second-order valence-electron chi connectivity index (χ2n) is 4.41. The fourth-order valence-electron chi connectivity index (χ4n) is 2.31. The van der Waals surface area contributed by atoms with Crippen LogP contribution >= 0.6 is 63.7 Å². The zero-order valence-corrected chi connectivity index (χ0v) is 15.6. The van der Waals surface area contributed by atoms with Crippen molar-refractivity contribution in [3.05, 3.63) is 47.8 Å². The molecule has 2 heterocycles. The summed E-state index contributed by atoms with van der Waals surface area (Å²) in [5.41, 5.74) is 3.90. The van der Waals surface area contributed by atoms with Crippen LogP contribution in [0.25, 0.3) is 5.52 Å². The molecule has 18 heavy (non-hydrogen) atoms. The summed E-state index contributed by atoms with van der Waals surface area (Å²) < 4.78 is 2.17. The van der Waals surface area contributed by atoms with E-state index in [1.54, 1.807) is 0 Å². The molecule has 5 heteroatoms. The molecular weight excluding hydrogens is 490 g/mol. The summed E-state index contributed by atoms with van der Waals surface area (Å²) in [4.78, 5) is 1.34. The Kier molecular flexibility index (Phi) is 3.87. The van der Waals surface area contributed by atoms with Gasteiger partial charge in [0, 0.05) is 33.4 Å². The molecule has 0 N–H and O–H groups in total. The molecule has 0 saturated carbocycles. The molecule has 1 nitrogen and oxygen atoms in total. The Bertz CT molecular complexity index is 548. The highest BCUT2D eigenvalue weighted by Gasteiger charge is 2.39. The average molecular weight is 500 g/mol.